The predicted molar refractivity (Wildman–Crippen MR) is 86.1 cm³/mol. The summed E-state index contributed by atoms with van der Waals surface area (Å²) >= 11 is 6.06. The summed E-state index contributed by atoms with van der Waals surface area (Å²) in [5, 5.41) is 8.41. The molecule has 0 fully saturated rings. The van der Waals surface area contributed by atoms with Crippen molar-refractivity contribution in [2.24, 2.45) is 0 Å². The highest BCUT2D eigenvalue weighted by atomic mass is 35.5. The Morgan fingerprint density at radius 2 is 2.19 bits per heavy atom. The zero-order valence-electron chi connectivity index (χ0n) is 12.8. The molecule has 1 N–H and O–H groups in total. The fraction of sp³-hybridized carbons (Fsp3) is 0.438. The summed E-state index contributed by atoms with van der Waals surface area (Å²) in [6.07, 6.45) is 2.81. The van der Waals surface area contributed by atoms with Crippen LogP contribution in [-0.4, -0.2) is 23.4 Å². The number of halogens is 1. The summed E-state index contributed by atoms with van der Waals surface area (Å²) in [5.41, 5.74) is 3.32. The lowest BCUT2D eigenvalue weighted by atomic mass is 10.1. The van der Waals surface area contributed by atoms with Crippen LogP contribution in [0.4, 0.5) is 0 Å². The zero-order valence-corrected chi connectivity index (χ0v) is 13.6. The first-order valence-corrected chi connectivity index (χ1v) is 7.58. The Hall–Kier alpha value is -1.52. The topological polar surface area (TPSA) is 39.1 Å². The smallest absolute Gasteiger partial charge is 0.123 e. The van der Waals surface area contributed by atoms with Gasteiger partial charge in [-0.2, -0.15) is 5.10 Å². The van der Waals surface area contributed by atoms with Crippen LogP contribution in [-0.2, 0) is 13.1 Å². The van der Waals surface area contributed by atoms with E-state index in [0.29, 0.717) is 11.6 Å². The van der Waals surface area contributed by atoms with E-state index in [0.717, 1.165) is 36.5 Å². The monoisotopic (exact) mass is 307 g/mol. The first-order valence-electron chi connectivity index (χ1n) is 7.20. The maximum Gasteiger partial charge on any atom is 0.123 e. The van der Waals surface area contributed by atoms with Crippen LogP contribution in [0.15, 0.2) is 24.4 Å². The standard InChI is InChI=1S/C16H22ClN3O/c1-4-7-18-9-13-5-6-16(21-3)14(8-13)11-20-12(2)15(17)10-19-20/h5-6,8,10,18H,4,7,9,11H2,1-3H3. The van der Waals surface area contributed by atoms with Gasteiger partial charge in [0.2, 0.25) is 0 Å². The summed E-state index contributed by atoms with van der Waals surface area (Å²) in [7, 11) is 1.69. The fourth-order valence-electron chi connectivity index (χ4n) is 2.22. The third-order valence-electron chi connectivity index (χ3n) is 3.46. The van der Waals surface area contributed by atoms with Crippen LogP contribution in [0.5, 0.6) is 5.75 Å². The van der Waals surface area contributed by atoms with Crippen molar-refractivity contribution >= 4 is 11.6 Å². The summed E-state index contributed by atoms with van der Waals surface area (Å²) in [4.78, 5) is 0. The van der Waals surface area contributed by atoms with Crippen molar-refractivity contribution in [3.8, 4) is 5.75 Å². The minimum Gasteiger partial charge on any atom is -0.496 e. The average Bonchev–Trinajstić information content (AvgIpc) is 2.80. The molecule has 0 aliphatic carbocycles. The van der Waals surface area contributed by atoms with E-state index in [1.165, 1.54) is 5.56 Å². The molecule has 0 radical (unpaired) electrons. The molecule has 2 aromatic rings. The summed E-state index contributed by atoms with van der Waals surface area (Å²) < 4.78 is 7.34. The van der Waals surface area contributed by atoms with E-state index in [1.54, 1.807) is 13.3 Å². The Balaban J connectivity index is 2.19. The molecule has 0 amide bonds. The minimum absolute atomic E-state index is 0.656. The van der Waals surface area contributed by atoms with Crippen LogP contribution in [0, 0.1) is 6.92 Å². The van der Waals surface area contributed by atoms with Crippen LogP contribution in [0.2, 0.25) is 5.02 Å². The van der Waals surface area contributed by atoms with Crippen molar-refractivity contribution < 1.29 is 4.74 Å². The van der Waals surface area contributed by atoms with Gasteiger partial charge in [-0.15, -0.1) is 0 Å². The number of hydrogen-bond acceptors (Lipinski definition) is 3. The molecule has 21 heavy (non-hydrogen) atoms. The van der Waals surface area contributed by atoms with Crippen LogP contribution in [0.25, 0.3) is 0 Å². The van der Waals surface area contributed by atoms with Gasteiger partial charge in [0.05, 0.1) is 30.6 Å². The van der Waals surface area contributed by atoms with Gasteiger partial charge in [-0.3, -0.25) is 4.68 Å². The van der Waals surface area contributed by atoms with Gasteiger partial charge in [0, 0.05) is 12.1 Å². The molecule has 0 saturated carbocycles. The molecule has 4 nitrogen and oxygen atoms in total. The molecule has 0 unspecified atom stereocenters. The molecule has 114 valence electrons. The number of hydrogen-bond donors (Lipinski definition) is 1. The number of ether oxygens (including phenoxy) is 1. The van der Waals surface area contributed by atoms with E-state index in [4.69, 9.17) is 16.3 Å². The van der Waals surface area contributed by atoms with Gasteiger partial charge >= 0.3 is 0 Å². The molecule has 0 atom stereocenters. The van der Waals surface area contributed by atoms with Crippen molar-refractivity contribution in [1.29, 1.82) is 0 Å². The SMILES string of the molecule is CCCNCc1ccc(OC)c(Cn2ncc(Cl)c2C)c1. The molecule has 1 heterocycles. The number of nitrogens with one attached hydrogen (secondary N) is 1. The molecule has 1 aromatic heterocycles. The number of aromatic nitrogens is 2. The summed E-state index contributed by atoms with van der Waals surface area (Å²) in [5.74, 6) is 0.875. The molecule has 0 aliphatic heterocycles. The third-order valence-corrected chi connectivity index (χ3v) is 3.84. The minimum atomic E-state index is 0.656. The third kappa shape index (κ3) is 3.99. The number of nitrogens with zero attached hydrogens (tertiary/aromatic N) is 2. The quantitative estimate of drug-likeness (QED) is 0.797. The highest BCUT2D eigenvalue weighted by molar-refractivity contribution is 6.31. The van der Waals surface area contributed by atoms with E-state index < -0.39 is 0 Å². The van der Waals surface area contributed by atoms with Gasteiger partial charge in [0.1, 0.15) is 5.75 Å². The van der Waals surface area contributed by atoms with Crippen molar-refractivity contribution in [2.75, 3.05) is 13.7 Å². The number of rotatable bonds is 7. The van der Waals surface area contributed by atoms with Gasteiger partial charge in [0.15, 0.2) is 0 Å². The van der Waals surface area contributed by atoms with E-state index >= 15 is 0 Å². The second-order valence-electron chi connectivity index (χ2n) is 5.06. The van der Waals surface area contributed by atoms with Gasteiger partial charge in [-0.1, -0.05) is 24.6 Å². The second-order valence-corrected chi connectivity index (χ2v) is 5.47. The van der Waals surface area contributed by atoms with Crippen molar-refractivity contribution in [2.45, 2.75) is 33.4 Å². The van der Waals surface area contributed by atoms with E-state index in [2.05, 4.69) is 29.5 Å². The highest BCUT2D eigenvalue weighted by Crippen LogP contribution is 2.23. The molecular weight excluding hydrogens is 286 g/mol. The number of benzene rings is 1. The second kappa shape index (κ2) is 7.48. The average molecular weight is 308 g/mol. The molecular formula is C16H22ClN3O. The van der Waals surface area contributed by atoms with Gasteiger partial charge in [0.25, 0.3) is 0 Å². The molecule has 5 heteroatoms. The molecule has 0 aliphatic rings. The van der Waals surface area contributed by atoms with E-state index in [1.807, 2.05) is 17.7 Å². The Morgan fingerprint density at radius 3 is 2.81 bits per heavy atom. The first-order chi connectivity index (χ1) is 10.2. The zero-order chi connectivity index (χ0) is 15.2. The van der Waals surface area contributed by atoms with Crippen LogP contribution < -0.4 is 10.1 Å². The van der Waals surface area contributed by atoms with Gasteiger partial charge in [-0.05, 0) is 37.6 Å². The maximum absolute atomic E-state index is 6.06. The van der Waals surface area contributed by atoms with Gasteiger partial charge in [-0.25, -0.2) is 0 Å². The highest BCUT2D eigenvalue weighted by Gasteiger charge is 2.09. The fourth-order valence-corrected chi connectivity index (χ4v) is 2.36. The Morgan fingerprint density at radius 1 is 1.38 bits per heavy atom. The van der Waals surface area contributed by atoms with E-state index in [9.17, 15) is 0 Å². The summed E-state index contributed by atoms with van der Waals surface area (Å²) in [6.45, 7) is 6.67. The molecule has 2 rings (SSSR count). The number of methoxy groups -OCH3 is 1. The Kier molecular flexibility index (Phi) is 5.65. The Bertz CT molecular complexity index is 595. The Labute approximate surface area is 131 Å². The summed E-state index contributed by atoms with van der Waals surface area (Å²) in [6, 6.07) is 6.27. The lowest BCUT2D eigenvalue weighted by Crippen LogP contribution is -2.14. The van der Waals surface area contributed by atoms with E-state index in [-0.39, 0.29) is 0 Å². The normalized spacial score (nSPS) is 10.9. The molecule has 0 spiro atoms. The van der Waals surface area contributed by atoms with Crippen molar-refractivity contribution in [3.63, 3.8) is 0 Å². The molecule has 1 aromatic carbocycles. The van der Waals surface area contributed by atoms with Crippen LogP contribution >= 0.6 is 11.6 Å². The predicted octanol–water partition coefficient (Wildman–Crippen LogP) is 3.40. The van der Waals surface area contributed by atoms with Crippen LogP contribution in [0.3, 0.4) is 0 Å². The lowest BCUT2D eigenvalue weighted by Gasteiger charge is -2.12. The molecule has 0 saturated heterocycles. The van der Waals surface area contributed by atoms with Crippen LogP contribution in [0.1, 0.15) is 30.2 Å². The lowest BCUT2D eigenvalue weighted by molar-refractivity contribution is 0.407. The first kappa shape index (κ1) is 15.9. The van der Waals surface area contributed by atoms with Gasteiger partial charge < -0.3 is 10.1 Å². The molecule has 0 bridgehead atoms. The van der Waals surface area contributed by atoms with Crippen molar-refractivity contribution in [3.05, 3.63) is 46.2 Å². The van der Waals surface area contributed by atoms with Crippen molar-refractivity contribution in [1.82, 2.24) is 15.1 Å². The largest absolute Gasteiger partial charge is 0.496 e. The maximum atomic E-state index is 6.06.